The van der Waals surface area contributed by atoms with Gasteiger partial charge < -0.3 is 0 Å². The normalized spacial score (nSPS) is 9.88. The Bertz CT molecular complexity index is 625. The van der Waals surface area contributed by atoms with Gasteiger partial charge >= 0.3 is 0 Å². The summed E-state index contributed by atoms with van der Waals surface area (Å²) in [6.45, 7) is 6.85. The molecule has 1 aromatic heterocycles. The lowest BCUT2D eigenvalue weighted by atomic mass is 10.3. The quantitative estimate of drug-likeness (QED) is 0.602. The zero-order chi connectivity index (χ0) is 12.3. The van der Waals surface area contributed by atoms with E-state index in [2.05, 4.69) is 9.94 Å². The summed E-state index contributed by atoms with van der Waals surface area (Å²) >= 11 is 5.62. The summed E-state index contributed by atoms with van der Waals surface area (Å²) in [4.78, 5) is 14.6. The standard InChI is InChI=1S/C12H8ClN3O/c1-14-9-2-4-10(5-3-9)16-7-6-12(17)11(8-13)15-16/h2-7H,8H2. The Labute approximate surface area is 103 Å². The van der Waals surface area contributed by atoms with Gasteiger partial charge in [0.15, 0.2) is 5.69 Å². The van der Waals surface area contributed by atoms with Gasteiger partial charge in [-0.15, -0.1) is 11.6 Å². The van der Waals surface area contributed by atoms with Crippen molar-refractivity contribution >= 4 is 17.3 Å². The highest BCUT2D eigenvalue weighted by molar-refractivity contribution is 6.16. The fourth-order valence-corrected chi connectivity index (χ4v) is 1.55. The van der Waals surface area contributed by atoms with E-state index in [1.807, 2.05) is 0 Å². The number of benzene rings is 1. The second-order valence-corrected chi connectivity index (χ2v) is 3.60. The third-order valence-electron chi connectivity index (χ3n) is 2.25. The van der Waals surface area contributed by atoms with Crippen LogP contribution in [0.5, 0.6) is 0 Å². The summed E-state index contributed by atoms with van der Waals surface area (Å²) in [6, 6.07) is 8.35. The maximum Gasteiger partial charge on any atom is 0.204 e. The van der Waals surface area contributed by atoms with Crippen molar-refractivity contribution in [3.8, 4) is 5.69 Å². The van der Waals surface area contributed by atoms with Crippen LogP contribution in [0.15, 0.2) is 41.3 Å². The minimum atomic E-state index is -0.172. The summed E-state index contributed by atoms with van der Waals surface area (Å²) in [5.74, 6) is 0.0831. The summed E-state index contributed by atoms with van der Waals surface area (Å²) in [5, 5.41) is 4.11. The Kier molecular flexibility index (Phi) is 3.22. The second kappa shape index (κ2) is 4.81. The SMILES string of the molecule is [C-]#[N+]c1ccc(-n2ccc(=O)c(CCl)n2)cc1. The summed E-state index contributed by atoms with van der Waals surface area (Å²) in [7, 11) is 0. The predicted octanol–water partition coefficient (Wildman–Crippen LogP) is 2.52. The highest BCUT2D eigenvalue weighted by Gasteiger charge is 2.02. The first-order chi connectivity index (χ1) is 8.24. The molecule has 0 saturated carbocycles. The molecule has 5 heteroatoms. The molecule has 1 heterocycles. The fraction of sp³-hybridized carbons (Fsp3) is 0.0833. The molecule has 84 valence electrons. The molecule has 2 aromatic rings. The van der Waals surface area contributed by atoms with Crippen molar-refractivity contribution in [2.45, 2.75) is 5.88 Å². The van der Waals surface area contributed by atoms with Gasteiger partial charge in [0.1, 0.15) is 5.69 Å². The molecular weight excluding hydrogens is 238 g/mol. The highest BCUT2D eigenvalue weighted by atomic mass is 35.5. The van der Waals surface area contributed by atoms with Gasteiger partial charge in [-0.3, -0.25) is 4.79 Å². The molecule has 0 spiro atoms. The summed E-state index contributed by atoms with van der Waals surface area (Å²) < 4.78 is 1.56. The van der Waals surface area contributed by atoms with Crippen LogP contribution in [0, 0.1) is 6.57 Å². The van der Waals surface area contributed by atoms with E-state index in [9.17, 15) is 4.79 Å². The van der Waals surface area contributed by atoms with Gasteiger partial charge in [-0.25, -0.2) is 9.53 Å². The van der Waals surface area contributed by atoms with Gasteiger partial charge in [-0.05, 0) is 12.1 Å². The molecule has 0 amide bonds. The van der Waals surface area contributed by atoms with Crippen LogP contribution in [0.1, 0.15) is 5.69 Å². The molecule has 0 radical (unpaired) electrons. The van der Waals surface area contributed by atoms with Gasteiger partial charge in [-0.2, -0.15) is 5.10 Å². The van der Waals surface area contributed by atoms with E-state index in [0.717, 1.165) is 5.69 Å². The third-order valence-corrected chi connectivity index (χ3v) is 2.50. The van der Waals surface area contributed by atoms with Crippen molar-refractivity contribution in [3.05, 3.63) is 63.9 Å². The number of alkyl halides is 1. The Hall–Kier alpha value is -2.12. The van der Waals surface area contributed by atoms with Gasteiger partial charge in [0.25, 0.3) is 0 Å². The Balaban J connectivity index is 2.46. The minimum absolute atomic E-state index is 0.0831. The first kappa shape index (κ1) is 11.4. The third kappa shape index (κ3) is 2.35. The second-order valence-electron chi connectivity index (χ2n) is 3.33. The zero-order valence-electron chi connectivity index (χ0n) is 8.80. The maximum absolute atomic E-state index is 11.3. The molecule has 0 bridgehead atoms. The molecule has 0 aliphatic rings. The van der Waals surface area contributed by atoms with Gasteiger partial charge in [-0.1, -0.05) is 12.1 Å². The number of nitrogens with zero attached hydrogens (tertiary/aromatic N) is 3. The van der Waals surface area contributed by atoms with Crippen molar-refractivity contribution in [2.75, 3.05) is 0 Å². The summed E-state index contributed by atoms with van der Waals surface area (Å²) in [5.41, 5.74) is 1.48. The molecule has 17 heavy (non-hydrogen) atoms. The number of rotatable bonds is 2. The molecule has 0 N–H and O–H groups in total. The van der Waals surface area contributed by atoms with E-state index in [4.69, 9.17) is 18.2 Å². The maximum atomic E-state index is 11.3. The minimum Gasteiger partial charge on any atom is -0.288 e. The lowest BCUT2D eigenvalue weighted by Gasteiger charge is -2.05. The van der Waals surface area contributed by atoms with E-state index in [0.29, 0.717) is 11.4 Å². The average molecular weight is 246 g/mol. The lowest BCUT2D eigenvalue weighted by molar-refractivity contribution is 0.804. The number of hydrogen-bond acceptors (Lipinski definition) is 2. The van der Waals surface area contributed by atoms with E-state index < -0.39 is 0 Å². The highest BCUT2D eigenvalue weighted by Crippen LogP contribution is 2.14. The van der Waals surface area contributed by atoms with Crippen LogP contribution >= 0.6 is 11.6 Å². The smallest absolute Gasteiger partial charge is 0.204 e. The first-order valence-electron chi connectivity index (χ1n) is 4.87. The van der Waals surface area contributed by atoms with Crippen molar-refractivity contribution < 1.29 is 0 Å². The van der Waals surface area contributed by atoms with Crippen molar-refractivity contribution in [3.63, 3.8) is 0 Å². The Morgan fingerprint density at radius 3 is 2.59 bits per heavy atom. The molecule has 0 unspecified atom stereocenters. The summed E-state index contributed by atoms with van der Waals surface area (Å²) in [6.07, 6.45) is 1.57. The van der Waals surface area contributed by atoms with Crippen LogP contribution in [0.4, 0.5) is 5.69 Å². The molecule has 0 saturated heterocycles. The number of halogens is 1. The van der Waals surface area contributed by atoms with E-state index in [-0.39, 0.29) is 11.3 Å². The number of hydrogen-bond donors (Lipinski definition) is 0. The molecule has 0 aliphatic heterocycles. The van der Waals surface area contributed by atoms with Crippen LogP contribution in [-0.4, -0.2) is 9.78 Å². The number of aromatic nitrogens is 2. The van der Waals surface area contributed by atoms with Crippen molar-refractivity contribution in [1.82, 2.24) is 9.78 Å². The van der Waals surface area contributed by atoms with E-state index >= 15 is 0 Å². The van der Waals surface area contributed by atoms with Gasteiger partial charge in [0.05, 0.1) is 18.1 Å². The van der Waals surface area contributed by atoms with E-state index in [1.54, 1.807) is 35.1 Å². The molecule has 0 fully saturated rings. The molecular formula is C12H8ClN3O. The largest absolute Gasteiger partial charge is 0.288 e. The van der Waals surface area contributed by atoms with Gasteiger partial charge in [0, 0.05) is 12.3 Å². The topological polar surface area (TPSA) is 39.2 Å². The zero-order valence-corrected chi connectivity index (χ0v) is 9.55. The lowest BCUT2D eigenvalue weighted by Crippen LogP contribution is -2.14. The molecule has 0 aliphatic carbocycles. The fourth-order valence-electron chi connectivity index (χ4n) is 1.36. The van der Waals surface area contributed by atoms with Crippen molar-refractivity contribution in [2.24, 2.45) is 0 Å². The van der Waals surface area contributed by atoms with Gasteiger partial charge in [0.2, 0.25) is 5.43 Å². The Morgan fingerprint density at radius 1 is 1.29 bits per heavy atom. The van der Waals surface area contributed by atoms with Crippen molar-refractivity contribution in [1.29, 1.82) is 0 Å². The molecule has 1 aromatic carbocycles. The van der Waals surface area contributed by atoms with Crippen LogP contribution in [0.2, 0.25) is 0 Å². The van der Waals surface area contributed by atoms with Crippen LogP contribution < -0.4 is 5.43 Å². The predicted molar refractivity (Wildman–Crippen MR) is 65.7 cm³/mol. The molecule has 4 nitrogen and oxygen atoms in total. The average Bonchev–Trinajstić information content (AvgIpc) is 2.39. The van der Waals surface area contributed by atoms with E-state index in [1.165, 1.54) is 6.07 Å². The Morgan fingerprint density at radius 2 is 2.00 bits per heavy atom. The van der Waals surface area contributed by atoms with Crippen LogP contribution in [-0.2, 0) is 5.88 Å². The van der Waals surface area contributed by atoms with Crippen LogP contribution in [0.3, 0.4) is 0 Å². The first-order valence-corrected chi connectivity index (χ1v) is 5.41. The monoisotopic (exact) mass is 245 g/mol. The molecule has 2 rings (SSSR count). The van der Waals surface area contributed by atoms with Crippen LogP contribution in [0.25, 0.3) is 10.5 Å². The molecule has 0 atom stereocenters.